The zero-order chi connectivity index (χ0) is 17.6. The number of hydrogen-bond acceptors (Lipinski definition) is 6. The molecule has 4 rings (SSSR count). The molecule has 1 aromatic heterocycles. The van der Waals surface area contributed by atoms with E-state index in [9.17, 15) is 18.5 Å². The smallest absolute Gasteiger partial charge is 0.258 e. The van der Waals surface area contributed by atoms with Crippen LogP contribution in [0.15, 0.2) is 59.6 Å². The van der Waals surface area contributed by atoms with Crippen LogP contribution in [0.3, 0.4) is 0 Å². The molecule has 0 aliphatic carbocycles. The number of hydrogen-bond donors (Lipinski definition) is 0. The third kappa shape index (κ3) is 2.56. The van der Waals surface area contributed by atoms with Crippen LogP contribution in [0.2, 0.25) is 0 Å². The zero-order valence-electron chi connectivity index (χ0n) is 12.8. The first kappa shape index (κ1) is 15.4. The van der Waals surface area contributed by atoms with Crippen LogP contribution in [0.25, 0.3) is 22.6 Å². The Labute approximate surface area is 143 Å². The second-order valence-corrected chi connectivity index (χ2v) is 7.58. The summed E-state index contributed by atoms with van der Waals surface area (Å²) in [5.74, 6) is 0.247. The van der Waals surface area contributed by atoms with E-state index in [1.165, 1.54) is 18.3 Å². The van der Waals surface area contributed by atoms with Crippen molar-refractivity contribution >= 4 is 15.5 Å². The highest BCUT2D eigenvalue weighted by molar-refractivity contribution is 7.90. The van der Waals surface area contributed by atoms with E-state index in [4.69, 9.17) is 0 Å². The zero-order valence-corrected chi connectivity index (χ0v) is 13.6. The molecule has 0 saturated carbocycles. The van der Waals surface area contributed by atoms with Crippen molar-refractivity contribution in [2.45, 2.75) is 10.6 Å². The Hall–Kier alpha value is -3.13. The van der Waals surface area contributed by atoms with Crippen molar-refractivity contribution in [3.05, 3.63) is 70.4 Å². The van der Waals surface area contributed by atoms with E-state index < -0.39 is 14.8 Å². The summed E-state index contributed by atoms with van der Waals surface area (Å²) >= 11 is 0. The number of nitrogens with zero attached hydrogens (tertiary/aromatic N) is 3. The molecule has 1 aliphatic heterocycles. The third-order valence-electron chi connectivity index (χ3n) is 4.04. The van der Waals surface area contributed by atoms with Crippen LogP contribution < -0.4 is 0 Å². The Bertz CT molecular complexity index is 1110. The van der Waals surface area contributed by atoms with Gasteiger partial charge in [0.15, 0.2) is 15.7 Å². The molecule has 0 fully saturated rings. The monoisotopic (exact) mass is 353 g/mol. The van der Waals surface area contributed by atoms with E-state index in [-0.39, 0.29) is 16.3 Å². The van der Waals surface area contributed by atoms with Gasteiger partial charge in [-0.1, -0.05) is 24.3 Å². The molecule has 0 spiro atoms. The molecule has 124 valence electrons. The topological polar surface area (TPSA) is 103 Å². The summed E-state index contributed by atoms with van der Waals surface area (Å²) in [5, 5.41) is 10.8. The molecule has 7 nitrogen and oxygen atoms in total. The van der Waals surface area contributed by atoms with E-state index >= 15 is 0 Å². The maximum Gasteiger partial charge on any atom is 0.269 e. The normalized spacial score (nSPS) is 14.4. The van der Waals surface area contributed by atoms with Crippen LogP contribution in [0.5, 0.6) is 0 Å². The quantitative estimate of drug-likeness (QED) is 0.518. The van der Waals surface area contributed by atoms with Crippen molar-refractivity contribution in [2.75, 3.05) is 0 Å². The molecule has 0 saturated heterocycles. The number of sulfone groups is 1. The highest BCUT2D eigenvalue weighted by Crippen LogP contribution is 2.36. The van der Waals surface area contributed by atoms with E-state index in [2.05, 4.69) is 9.97 Å². The molecule has 0 bridgehead atoms. The van der Waals surface area contributed by atoms with Crippen LogP contribution in [-0.4, -0.2) is 23.3 Å². The number of nitro benzene ring substituents is 1. The molecule has 8 heteroatoms. The molecule has 25 heavy (non-hydrogen) atoms. The Kier molecular flexibility index (Phi) is 3.36. The Morgan fingerprint density at radius 3 is 2.48 bits per heavy atom. The first-order valence-corrected chi connectivity index (χ1v) is 9.04. The molecule has 0 unspecified atom stereocenters. The minimum absolute atomic E-state index is 0.0327. The van der Waals surface area contributed by atoms with Crippen molar-refractivity contribution < 1.29 is 13.3 Å². The summed E-state index contributed by atoms with van der Waals surface area (Å²) < 4.78 is 24.9. The van der Waals surface area contributed by atoms with Crippen molar-refractivity contribution in [1.82, 2.24) is 9.97 Å². The van der Waals surface area contributed by atoms with Crippen LogP contribution >= 0.6 is 0 Å². The fourth-order valence-electron chi connectivity index (χ4n) is 2.82. The van der Waals surface area contributed by atoms with Gasteiger partial charge in [-0.05, 0) is 17.7 Å². The highest BCUT2D eigenvalue weighted by atomic mass is 32.2. The van der Waals surface area contributed by atoms with Crippen LogP contribution in [0.1, 0.15) is 5.56 Å². The van der Waals surface area contributed by atoms with Gasteiger partial charge in [-0.15, -0.1) is 0 Å². The van der Waals surface area contributed by atoms with E-state index in [1.54, 1.807) is 24.3 Å². The highest BCUT2D eigenvalue weighted by Gasteiger charge is 2.29. The molecular weight excluding hydrogens is 342 g/mol. The fraction of sp³-hybridized carbons (Fsp3) is 0.0588. The second kappa shape index (κ2) is 5.45. The second-order valence-electron chi connectivity index (χ2n) is 5.63. The van der Waals surface area contributed by atoms with Gasteiger partial charge in [0.05, 0.1) is 22.6 Å². The number of nitro groups is 1. The average molecular weight is 353 g/mol. The van der Waals surface area contributed by atoms with Gasteiger partial charge in [0.25, 0.3) is 5.69 Å². The lowest BCUT2D eigenvalue weighted by molar-refractivity contribution is -0.384. The van der Waals surface area contributed by atoms with Crippen molar-refractivity contribution in [2.24, 2.45) is 0 Å². The van der Waals surface area contributed by atoms with Gasteiger partial charge in [-0.25, -0.2) is 18.4 Å². The lowest BCUT2D eigenvalue weighted by Gasteiger charge is -2.19. The van der Waals surface area contributed by atoms with Crippen molar-refractivity contribution in [1.29, 1.82) is 0 Å². The predicted octanol–water partition coefficient (Wildman–Crippen LogP) is 3.01. The summed E-state index contributed by atoms with van der Waals surface area (Å²) in [6.07, 6.45) is 1.31. The molecule has 0 atom stereocenters. The van der Waals surface area contributed by atoms with Gasteiger partial charge >= 0.3 is 0 Å². The Balaban J connectivity index is 1.88. The molecular formula is C17H11N3O4S. The summed E-state index contributed by atoms with van der Waals surface area (Å²) in [6, 6.07) is 13.0. The van der Waals surface area contributed by atoms with Gasteiger partial charge < -0.3 is 0 Å². The molecule has 2 aromatic carbocycles. The van der Waals surface area contributed by atoms with E-state index in [0.29, 0.717) is 22.6 Å². The lowest BCUT2D eigenvalue weighted by Crippen LogP contribution is -2.15. The SMILES string of the molecule is O=[N+]([O-])c1ccc(-c2ncc3c(n2)-c2ccccc2CS3(=O)=O)cc1. The van der Waals surface area contributed by atoms with Gasteiger partial charge in [-0.2, -0.15) is 0 Å². The van der Waals surface area contributed by atoms with Gasteiger partial charge in [-0.3, -0.25) is 10.1 Å². The first-order chi connectivity index (χ1) is 12.0. The minimum Gasteiger partial charge on any atom is -0.258 e. The number of fused-ring (bicyclic) bond motifs is 3. The molecule has 2 heterocycles. The Morgan fingerprint density at radius 1 is 1.04 bits per heavy atom. The van der Waals surface area contributed by atoms with E-state index in [0.717, 1.165) is 5.56 Å². The van der Waals surface area contributed by atoms with Crippen molar-refractivity contribution in [3.8, 4) is 22.6 Å². The average Bonchev–Trinajstić information content (AvgIpc) is 2.61. The maximum absolute atomic E-state index is 12.4. The summed E-state index contributed by atoms with van der Waals surface area (Å²) in [4.78, 5) is 19.0. The lowest BCUT2D eigenvalue weighted by atomic mass is 10.0. The van der Waals surface area contributed by atoms with E-state index in [1.807, 2.05) is 12.1 Å². The molecule has 1 aliphatic rings. The number of rotatable bonds is 2. The summed E-state index contributed by atoms with van der Waals surface area (Å²) in [7, 11) is -3.49. The van der Waals surface area contributed by atoms with Crippen LogP contribution in [-0.2, 0) is 15.6 Å². The van der Waals surface area contributed by atoms with Crippen LogP contribution in [0, 0.1) is 10.1 Å². The first-order valence-electron chi connectivity index (χ1n) is 7.38. The van der Waals surface area contributed by atoms with Gasteiger partial charge in [0.1, 0.15) is 4.90 Å². The largest absolute Gasteiger partial charge is 0.269 e. The number of aromatic nitrogens is 2. The summed E-state index contributed by atoms with van der Waals surface area (Å²) in [5.41, 5.74) is 2.37. The van der Waals surface area contributed by atoms with Gasteiger partial charge in [0.2, 0.25) is 0 Å². The number of non-ortho nitro benzene ring substituents is 1. The van der Waals surface area contributed by atoms with Gasteiger partial charge in [0, 0.05) is 23.3 Å². The number of benzene rings is 2. The van der Waals surface area contributed by atoms with Crippen LogP contribution in [0.4, 0.5) is 5.69 Å². The maximum atomic E-state index is 12.4. The van der Waals surface area contributed by atoms with Crippen molar-refractivity contribution in [3.63, 3.8) is 0 Å². The summed E-state index contributed by atoms with van der Waals surface area (Å²) in [6.45, 7) is 0. The Morgan fingerprint density at radius 2 is 1.76 bits per heavy atom. The third-order valence-corrected chi connectivity index (χ3v) is 5.70. The standard InChI is InChI=1S/C17H11N3O4S/c21-20(22)13-7-5-11(6-8-13)17-18-9-15-16(19-17)14-4-2-1-3-12(14)10-25(15,23)24/h1-9H,10H2. The molecule has 0 radical (unpaired) electrons. The fourth-order valence-corrected chi connectivity index (χ4v) is 4.30. The molecule has 0 amide bonds. The molecule has 3 aromatic rings. The molecule has 0 N–H and O–H groups in total. The minimum atomic E-state index is -3.49. The predicted molar refractivity (Wildman–Crippen MR) is 90.4 cm³/mol.